The highest BCUT2D eigenvalue weighted by molar-refractivity contribution is 5.90. The maximum atomic E-state index is 11.9. The van der Waals surface area contributed by atoms with Crippen molar-refractivity contribution in [2.75, 3.05) is 11.9 Å². The lowest BCUT2D eigenvalue weighted by Gasteiger charge is -2.08. The molecule has 8 nitrogen and oxygen atoms in total. The van der Waals surface area contributed by atoms with E-state index in [0.717, 1.165) is 6.42 Å². The fraction of sp³-hybridized carbons (Fsp3) is 0.158. The van der Waals surface area contributed by atoms with Gasteiger partial charge in [-0.15, -0.1) is 0 Å². The molecule has 0 aliphatic carbocycles. The van der Waals surface area contributed by atoms with Gasteiger partial charge in [-0.2, -0.15) is 0 Å². The minimum Gasteiger partial charge on any atom is -0.423 e. The third-order valence-corrected chi connectivity index (χ3v) is 3.34. The number of esters is 1. The number of nitro benzene ring substituents is 1. The second-order valence-electron chi connectivity index (χ2n) is 5.52. The molecule has 0 aliphatic heterocycles. The van der Waals surface area contributed by atoms with Crippen LogP contribution >= 0.6 is 0 Å². The summed E-state index contributed by atoms with van der Waals surface area (Å²) in [7, 11) is 0. The zero-order valence-corrected chi connectivity index (χ0v) is 14.7. The van der Waals surface area contributed by atoms with E-state index in [4.69, 9.17) is 4.74 Å². The highest BCUT2D eigenvalue weighted by Crippen LogP contribution is 2.18. The third-order valence-electron chi connectivity index (χ3n) is 3.34. The van der Waals surface area contributed by atoms with Crippen LogP contribution in [0.2, 0.25) is 0 Å². The highest BCUT2D eigenvalue weighted by Gasteiger charge is 2.06. The Labute approximate surface area is 156 Å². The summed E-state index contributed by atoms with van der Waals surface area (Å²) in [4.78, 5) is 33.8. The molecule has 0 bridgehead atoms. The first-order valence-electron chi connectivity index (χ1n) is 8.27. The Balaban J connectivity index is 1.97. The lowest BCUT2D eigenvalue weighted by molar-refractivity contribution is -0.384. The number of rotatable bonds is 7. The Bertz CT molecular complexity index is 864. The molecule has 0 aromatic heterocycles. The molecule has 8 heteroatoms. The van der Waals surface area contributed by atoms with Crippen LogP contribution in [0, 0.1) is 10.1 Å². The highest BCUT2D eigenvalue weighted by atomic mass is 16.6. The van der Waals surface area contributed by atoms with Crippen molar-refractivity contribution in [3.05, 3.63) is 70.3 Å². The van der Waals surface area contributed by atoms with Gasteiger partial charge in [0.1, 0.15) is 5.75 Å². The summed E-state index contributed by atoms with van der Waals surface area (Å²) in [6, 6.07) is 11.9. The van der Waals surface area contributed by atoms with E-state index in [9.17, 15) is 19.7 Å². The number of nitro groups is 1. The number of hydrogen-bond acceptors (Lipinski definition) is 5. The average Bonchev–Trinajstić information content (AvgIpc) is 2.65. The largest absolute Gasteiger partial charge is 0.423 e. The summed E-state index contributed by atoms with van der Waals surface area (Å²) >= 11 is 0. The van der Waals surface area contributed by atoms with Crippen molar-refractivity contribution in [2.45, 2.75) is 13.3 Å². The normalized spacial score (nSPS) is 10.4. The minimum atomic E-state index is -0.644. The summed E-state index contributed by atoms with van der Waals surface area (Å²) in [5.74, 6) is -0.383. The molecule has 0 fully saturated rings. The lowest BCUT2D eigenvalue weighted by atomic mass is 10.2. The monoisotopic (exact) mass is 369 g/mol. The average molecular weight is 369 g/mol. The van der Waals surface area contributed by atoms with Crippen LogP contribution in [-0.4, -0.2) is 23.5 Å². The van der Waals surface area contributed by atoms with Crippen molar-refractivity contribution < 1.29 is 19.2 Å². The van der Waals surface area contributed by atoms with E-state index in [2.05, 4.69) is 10.6 Å². The van der Waals surface area contributed by atoms with Gasteiger partial charge in [-0.05, 0) is 30.2 Å². The van der Waals surface area contributed by atoms with Crippen LogP contribution < -0.4 is 15.4 Å². The smallest absolute Gasteiger partial charge is 0.336 e. The summed E-state index contributed by atoms with van der Waals surface area (Å²) in [5, 5.41) is 16.1. The van der Waals surface area contributed by atoms with Gasteiger partial charge in [0, 0.05) is 36.5 Å². The van der Waals surface area contributed by atoms with Gasteiger partial charge in [0.25, 0.3) is 5.69 Å². The van der Waals surface area contributed by atoms with Gasteiger partial charge in [-0.1, -0.05) is 25.1 Å². The predicted molar refractivity (Wildman–Crippen MR) is 102 cm³/mol. The van der Waals surface area contributed by atoms with Gasteiger partial charge in [-0.3, -0.25) is 10.1 Å². The van der Waals surface area contributed by atoms with Gasteiger partial charge < -0.3 is 15.4 Å². The van der Waals surface area contributed by atoms with Crippen LogP contribution in [-0.2, 0) is 4.79 Å². The van der Waals surface area contributed by atoms with E-state index in [-0.39, 0.29) is 17.5 Å². The number of anilines is 1. The zero-order chi connectivity index (χ0) is 19.6. The van der Waals surface area contributed by atoms with E-state index in [0.29, 0.717) is 17.8 Å². The second kappa shape index (κ2) is 9.71. The number of hydrogen-bond donors (Lipinski definition) is 2. The van der Waals surface area contributed by atoms with Crippen LogP contribution in [0.4, 0.5) is 16.2 Å². The number of carbonyl (C=O) groups excluding carboxylic acids is 2. The number of benzene rings is 2. The van der Waals surface area contributed by atoms with Crippen molar-refractivity contribution >= 4 is 29.5 Å². The molecular weight excluding hydrogens is 350 g/mol. The first-order chi connectivity index (χ1) is 13.0. The standard InChI is InChI=1S/C19H19N3O5/c1-2-11-20-19(24)21-15-6-4-8-17(13-15)27-18(23)10-9-14-5-3-7-16(12-14)22(25)26/h3-10,12-13H,2,11H2,1H3,(H2,20,21,24). The molecule has 0 heterocycles. The van der Waals surface area contributed by atoms with Gasteiger partial charge in [-0.25, -0.2) is 9.59 Å². The molecule has 2 N–H and O–H groups in total. The fourth-order valence-corrected chi connectivity index (χ4v) is 2.11. The van der Waals surface area contributed by atoms with Crippen LogP contribution in [0.25, 0.3) is 6.08 Å². The van der Waals surface area contributed by atoms with Gasteiger partial charge in [0.2, 0.25) is 0 Å². The summed E-state index contributed by atoms with van der Waals surface area (Å²) in [6.45, 7) is 2.50. The van der Waals surface area contributed by atoms with Crippen molar-refractivity contribution in [2.24, 2.45) is 0 Å². The quantitative estimate of drug-likeness (QED) is 0.254. The summed E-state index contributed by atoms with van der Waals surface area (Å²) in [5.41, 5.74) is 0.923. The number of nitrogens with one attached hydrogen (secondary N) is 2. The number of urea groups is 1. The van der Waals surface area contributed by atoms with Crippen LogP contribution in [0.1, 0.15) is 18.9 Å². The third kappa shape index (κ3) is 6.62. The number of nitrogens with zero attached hydrogens (tertiary/aromatic N) is 1. The Kier molecular flexibility index (Phi) is 7.07. The Morgan fingerprint density at radius 1 is 1.19 bits per heavy atom. The molecule has 0 atom stereocenters. The van der Waals surface area contributed by atoms with Gasteiger partial charge in [0.05, 0.1) is 4.92 Å². The Hall–Kier alpha value is -3.68. The van der Waals surface area contributed by atoms with Gasteiger partial charge in [0.15, 0.2) is 0 Å². The first-order valence-corrected chi connectivity index (χ1v) is 8.27. The number of carbonyl (C=O) groups is 2. The van der Waals surface area contributed by atoms with Crippen molar-refractivity contribution in [3.8, 4) is 5.75 Å². The lowest BCUT2D eigenvalue weighted by Crippen LogP contribution is -2.29. The van der Waals surface area contributed by atoms with Crippen LogP contribution in [0.15, 0.2) is 54.6 Å². The van der Waals surface area contributed by atoms with Crippen molar-refractivity contribution in [1.82, 2.24) is 5.32 Å². The van der Waals surface area contributed by atoms with E-state index >= 15 is 0 Å². The number of non-ortho nitro benzene ring substituents is 1. The fourth-order valence-electron chi connectivity index (χ4n) is 2.11. The second-order valence-corrected chi connectivity index (χ2v) is 5.52. The molecule has 0 saturated carbocycles. The van der Waals surface area contributed by atoms with E-state index in [1.807, 2.05) is 6.92 Å². The van der Waals surface area contributed by atoms with Crippen molar-refractivity contribution in [3.63, 3.8) is 0 Å². The molecule has 0 radical (unpaired) electrons. The molecule has 0 aliphatic rings. The molecule has 0 spiro atoms. The topological polar surface area (TPSA) is 111 Å². The van der Waals surface area contributed by atoms with Crippen LogP contribution in [0.5, 0.6) is 5.75 Å². The summed E-state index contributed by atoms with van der Waals surface area (Å²) < 4.78 is 5.19. The molecule has 2 aromatic carbocycles. The summed E-state index contributed by atoms with van der Waals surface area (Å²) in [6.07, 6.45) is 3.42. The maximum absolute atomic E-state index is 11.9. The molecule has 2 rings (SSSR count). The van der Waals surface area contributed by atoms with Gasteiger partial charge >= 0.3 is 12.0 Å². The van der Waals surface area contributed by atoms with Crippen LogP contribution in [0.3, 0.4) is 0 Å². The maximum Gasteiger partial charge on any atom is 0.336 e. The Morgan fingerprint density at radius 3 is 2.70 bits per heavy atom. The Morgan fingerprint density at radius 2 is 1.96 bits per heavy atom. The SMILES string of the molecule is CCCNC(=O)Nc1cccc(OC(=O)C=Cc2cccc([N+](=O)[O-])c2)c1. The molecule has 0 saturated heterocycles. The zero-order valence-electron chi connectivity index (χ0n) is 14.7. The van der Waals surface area contributed by atoms with E-state index in [1.165, 1.54) is 36.4 Å². The molecule has 27 heavy (non-hydrogen) atoms. The number of amides is 2. The molecular formula is C19H19N3O5. The minimum absolute atomic E-state index is 0.0642. The molecule has 140 valence electrons. The first kappa shape index (κ1) is 19.6. The molecule has 0 unspecified atom stereocenters. The van der Waals surface area contributed by atoms with E-state index in [1.54, 1.807) is 24.3 Å². The molecule has 2 aromatic rings. The van der Waals surface area contributed by atoms with Crippen molar-refractivity contribution in [1.29, 1.82) is 0 Å². The predicted octanol–water partition coefficient (Wildman–Crippen LogP) is 3.75. The number of ether oxygens (including phenoxy) is 1. The van der Waals surface area contributed by atoms with E-state index < -0.39 is 10.9 Å². The molecule has 2 amide bonds.